The number of amides is 2. The molecule has 1 N–H and O–H groups in total. The first kappa shape index (κ1) is 26.1. The molecule has 2 saturated heterocycles. The smallest absolute Gasteiger partial charge is 0.344 e. The molecule has 0 aromatic carbocycles. The Hall–Kier alpha value is -2.01. The highest BCUT2D eigenvalue weighted by Gasteiger charge is 2.51. The van der Waals surface area contributed by atoms with Gasteiger partial charge in [-0.2, -0.15) is 0 Å². The minimum Gasteiger partial charge on any atom is -0.344 e. The van der Waals surface area contributed by atoms with Gasteiger partial charge >= 0.3 is 6.36 Å². The van der Waals surface area contributed by atoms with Crippen molar-refractivity contribution in [2.24, 2.45) is 17.8 Å². The number of likely N-dealkylation sites (N-methyl/N-ethyl adjacent to an activating group) is 1. The zero-order valence-corrected chi connectivity index (χ0v) is 20.0. The Labute approximate surface area is 202 Å². The average Bonchev–Trinajstić information content (AvgIpc) is 3.56. The molecule has 8 nitrogen and oxygen atoms in total. The molecule has 0 aromatic rings. The Morgan fingerprint density at radius 3 is 2.51 bits per heavy atom. The maximum absolute atomic E-state index is 13.6. The summed E-state index contributed by atoms with van der Waals surface area (Å²) in [5.41, 5.74) is 0. The van der Waals surface area contributed by atoms with Gasteiger partial charge in [0.25, 0.3) is 0 Å². The van der Waals surface area contributed by atoms with Crippen LogP contribution in [0, 0.1) is 17.8 Å². The molecule has 0 radical (unpaired) electrons. The predicted molar refractivity (Wildman–Crippen MR) is 118 cm³/mol. The van der Waals surface area contributed by atoms with Crippen molar-refractivity contribution in [2.45, 2.75) is 82.3 Å². The Kier molecular flexibility index (Phi) is 7.85. The van der Waals surface area contributed by atoms with E-state index in [-0.39, 0.29) is 36.0 Å². The fourth-order valence-electron chi connectivity index (χ4n) is 6.49. The van der Waals surface area contributed by atoms with Gasteiger partial charge in [0.1, 0.15) is 18.4 Å². The van der Waals surface area contributed by atoms with Crippen LogP contribution in [-0.4, -0.2) is 84.4 Å². The van der Waals surface area contributed by atoms with Crippen molar-refractivity contribution < 1.29 is 37.1 Å². The number of fused-ring (bicyclic) bond motifs is 1. The first-order valence-corrected chi connectivity index (χ1v) is 12.6. The minimum atomic E-state index is -4.98. The van der Waals surface area contributed by atoms with Crippen LogP contribution in [0.4, 0.5) is 13.2 Å². The Morgan fingerprint density at radius 1 is 1.11 bits per heavy atom. The number of nitrogens with zero attached hydrogens (tertiary/aromatic N) is 2. The van der Waals surface area contributed by atoms with E-state index in [1.807, 2.05) is 11.9 Å². The predicted octanol–water partition coefficient (Wildman–Crippen LogP) is 2.06. The van der Waals surface area contributed by atoms with Gasteiger partial charge in [0.2, 0.25) is 11.8 Å². The standard InChI is InChI=1S/C24H34F3N3O5/c1-29-10-4-8-18(29)23(34)30-12-15-6-2-7-16(15)21(30)22(33)28-17(11-14-5-3-9-19(14)31)20(32)13-35-24(25,26)27/h14-18,21H,2-13H2,1H3,(H,28,33)/t14-,15-,16-,17-,18?,21-/m0/s1. The van der Waals surface area contributed by atoms with E-state index >= 15 is 0 Å². The monoisotopic (exact) mass is 501 g/mol. The largest absolute Gasteiger partial charge is 0.522 e. The van der Waals surface area contributed by atoms with Gasteiger partial charge in [0.15, 0.2) is 5.78 Å². The lowest BCUT2D eigenvalue weighted by molar-refractivity contribution is -0.321. The number of halogens is 3. The average molecular weight is 502 g/mol. The van der Waals surface area contributed by atoms with Gasteiger partial charge in [-0.25, -0.2) is 0 Å². The molecule has 0 spiro atoms. The van der Waals surface area contributed by atoms with Gasteiger partial charge in [-0.15, -0.1) is 13.2 Å². The number of ether oxygens (including phenoxy) is 1. The quantitative estimate of drug-likeness (QED) is 0.547. The maximum Gasteiger partial charge on any atom is 0.522 e. The number of ketones is 2. The second-order valence-corrected chi connectivity index (χ2v) is 10.5. The third kappa shape index (κ3) is 5.87. The summed E-state index contributed by atoms with van der Waals surface area (Å²) >= 11 is 0. The van der Waals surface area contributed by atoms with E-state index in [9.17, 15) is 32.3 Å². The maximum atomic E-state index is 13.6. The second-order valence-electron chi connectivity index (χ2n) is 10.5. The minimum absolute atomic E-state index is 0.0408. The SMILES string of the molecule is CN1CCCC1C(=O)N1C[C@@H]2CCC[C@@H]2[C@H]1C(=O)N[C@@H](C[C@@H]1CCCC1=O)C(=O)COC(F)(F)F. The molecule has 6 atom stereocenters. The van der Waals surface area contributed by atoms with Gasteiger partial charge in [0, 0.05) is 18.9 Å². The number of alkyl halides is 3. The number of rotatable bonds is 8. The lowest BCUT2D eigenvalue weighted by Gasteiger charge is -2.32. The molecule has 2 aliphatic carbocycles. The van der Waals surface area contributed by atoms with Crippen molar-refractivity contribution >= 4 is 23.4 Å². The molecule has 0 aromatic heterocycles. The van der Waals surface area contributed by atoms with E-state index in [1.165, 1.54) is 0 Å². The molecular formula is C24H34F3N3O5. The van der Waals surface area contributed by atoms with Gasteiger partial charge in [-0.05, 0) is 70.4 Å². The first-order chi connectivity index (χ1) is 16.5. The van der Waals surface area contributed by atoms with Crippen LogP contribution in [0.15, 0.2) is 0 Å². The summed E-state index contributed by atoms with van der Waals surface area (Å²) in [7, 11) is 1.88. The van der Waals surface area contributed by atoms with Gasteiger partial charge < -0.3 is 10.2 Å². The third-order valence-electron chi connectivity index (χ3n) is 8.28. The molecular weight excluding hydrogens is 467 g/mol. The number of hydrogen-bond acceptors (Lipinski definition) is 6. The lowest BCUT2D eigenvalue weighted by atomic mass is 9.91. The summed E-state index contributed by atoms with van der Waals surface area (Å²) < 4.78 is 41.4. The molecule has 196 valence electrons. The van der Waals surface area contributed by atoms with E-state index in [0.717, 1.165) is 38.6 Å². The third-order valence-corrected chi connectivity index (χ3v) is 8.28. The molecule has 11 heteroatoms. The molecule has 4 aliphatic rings. The van der Waals surface area contributed by atoms with Crippen LogP contribution in [-0.2, 0) is 23.9 Å². The molecule has 2 saturated carbocycles. The highest BCUT2D eigenvalue weighted by molar-refractivity contribution is 5.95. The van der Waals surface area contributed by atoms with Crippen molar-refractivity contribution in [2.75, 3.05) is 26.7 Å². The van der Waals surface area contributed by atoms with Crippen LogP contribution in [0.1, 0.15) is 57.8 Å². The number of likely N-dealkylation sites (tertiary alicyclic amines) is 2. The number of nitrogens with one attached hydrogen (secondary N) is 1. The number of Topliss-reactive ketones (excluding diaryl/α,β-unsaturated/α-hetero) is 2. The number of carbonyl (C=O) groups excluding carboxylic acids is 4. The highest BCUT2D eigenvalue weighted by atomic mass is 19.4. The fraction of sp³-hybridized carbons (Fsp3) is 0.833. The van der Waals surface area contributed by atoms with Crippen LogP contribution < -0.4 is 5.32 Å². The molecule has 4 fully saturated rings. The Bertz CT molecular complexity index is 851. The summed E-state index contributed by atoms with van der Waals surface area (Å²) in [4.78, 5) is 55.4. The van der Waals surface area contributed by atoms with E-state index in [1.54, 1.807) is 4.90 Å². The van der Waals surface area contributed by atoms with Crippen molar-refractivity contribution in [3.63, 3.8) is 0 Å². The van der Waals surface area contributed by atoms with E-state index in [4.69, 9.17) is 0 Å². The Balaban J connectivity index is 1.51. The first-order valence-electron chi connectivity index (χ1n) is 12.6. The van der Waals surface area contributed by atoms with Crippen LogP contribution >= 0.6 is 0 Å². The molecule has 2 amide bonds. The van der Waals surface area contributed by atoms with Crippen molar-refractivity contribution in [3.05, 3.63) is 0 Å². The van der Waals surface area contributed by atoms with Crippen LogP contribution in [0.5, 0.6) is 0 Å². The summed E-state index contributed by atoms with van der Waals surface area (Å²) in [5, 5.41) is 2.65. The molecule has 35 heavy (non-hydrogen) atoms. The molecule has 4 rings (SSSR count). The summed E-state index contributed by atoms with van der Waals surface area (Å²) in [6, 6.07) is -2.33. The van der Waals surface area contributed by atoms with Gasteiger partial charge in [-0.3, -0.25) is 28.8 Å². The molecule has 0 bridgehead atoms. The summed E-state index contributed by atoms with van der Waals surface area (Å²) in [6.45, 7) is 0.0452. The number of carbonyl (C=O) groups is 4. The molecule has 2 heterocycles. The van der Waals surface area contributed by atoms with E-state index < -0.39 is 42.7 Å². The number of hydrogen-bond donors (Lipinski definition) is 1. The molecule has 1 unspecified atom stereocenters. The van der Waals surface area contributed by atoms with Crippen molar-refractivity contribution in [1.82, 2.24) is 15.1 Å². The van der Waals surface area contributed by atoms with E-state index in [2.05, 4.69) is 10.1 Å². The fourth-order valence-corrected chi connectivity index (χ4v) is 6.49. The highest BCUT2D eigenvalue weighted by Crippen LogP contribution is 2.43. The van der Waals surface area contributed by atoms with Crippen LogP contribution in [0.25, 0.3) is 0 Å². The zero-order chi connectivity index (χ0) is 25.3. The van der Waals surface area contributed by atoms with Crippen molar-refractivity contribution in [3.8, 4) is 0 Å². The molecule has 2 aliphatic heterocycles. The van der Waals surface area contributed by atoms with Gasteiger partial charge in [-0.1, -0.05) is 6.42 Å². The van der Waals surface area contributed by atoms with Crippen molar-refractivity contribution in [1.29, 1.82) is 0 Å². The van der Waals surface area contributed by atoms with Gasteiger partial charge in [0.05, 0.1) is 12.1 Å². The zero-order valence-electron chi connectivity index (χ0n) is 20.0. The Morgan fingerprint density at radius 2 is 1.89 bits per heavy atom. The van der Waals surface area contributed by atoms with E-state index in [0.29, 0.717) is 25.8 Å². The second kappa shape index (κ2) is 10.5. The summed E-state index contributed by atoms with van der Waals surface area (Å²) in [5.74, 6) is -1.93. The normalized spacial score (nSPS) is 32.2. The van der Waals surface area contributed by atoms with Crippen LogP contribution in [0.2, 0.25) is 0 Å². The lowest BCUT2D eigenvalue weighted by Crippen LogP contribution is -2.56. The van der Waals surface area contributed by atoms with Crippen LogP contribution in [0.3, 0.4) is 0 Å². The topological polar surface area (TPSA) is 96.0 Å². The summed E-state index contributed by atoms with van der Waals surface area (Å²) in [6.07, 6.45) is 0.778.